The van der Waals surface area contributed by atoms with Crippen LogP contribution in [0.15, 0.2) is 0 Å². The van der Waals surface area contributed by atoms with Crippen molar-refractivity contribution in [3.05, 3.63) is 0 Å². The van der Waals surface area contributed by atoms with Gasteiger partial charge in [0, 0.05) is 14.0 Å². The highest BCUT2D eigenvalue weighted by molar-refractivity contribution is 5.73. The lowest BCUT2D eigenvalue weighted by Gasteiger charge is -2.49. The Kier molecular flexibility index (Phi) is 11.1. The molecule has 0 aromatic heterocycles. The zero-order valence-corrected chi connectivity index (χ0v) is 20.9. The fraction of sp³-hybridized carbons (Fsp3) is 0.952. The summed E-state index contributed by atoms with van der Waals surface area (Å²) in [4.78, 5) is 11.5. The van der Waals surface area contributed by atoms with Crippen molar-refractivity contribution in [2.45, 2.75) is 98.9 Å². The summed E-state index contributed by atoms with van der Waals surface area (Å²) in [6.45, 7) is -0.770. The standard InChI is InChI=1S/C21H39N3O14/c1-6(28)24-12-15(31)18(8(4-26)34-19(12)32)38-21-11(23)14(30)17(9(5-27)36-21)37-20-10(22)13(29)16(33-2)7(3-25)35-20/h7-21,25-27,29-32H,3-5,22-23H2,1-2H3,(H,24,28)/t7?,8?,9?,10?,11-,12?,13?,14+,15?,16+,17+,18+,19+,20?,21?/m0/s1. The first-order valence-electron chi connectivity index (χ1n) is 12.1. The van der Waals surface area contributed by atoms with Crippen LogP contribution in [0.4, 0.5) is 0 Å². The van der Waals surface area contributed by atoms with Crippen molar-refractivity contribution in [3.8, 4) is 0 Å². The Bertz CT molecular complexity index is 765. The van der Waals surface area contributed by atoms with Gasteiger partial charge in [-0.3, -0.25) is 4.79 Å². The molecule has 0 spiro atoms. The van der Waals surface area contributed by atoms with Gasteiger partial charge in [0.1, 0.15) is 61.0 Å². The molecule has 0 aliphatic carbocycles. The molecule has 38 heavy (non-hydrogen) atoms. The molecule has 9 unspecified atom stereocenters. The molecule has 3 fully saturated rings. The molecule has 0 aromatic rings. The zero-order chi connectivity index (χ0) is 28.3. The van der Waals surface area contributed by atoms with E-state index in [1.807, 2.05) is 0 Å². The number of aliphatic hydroxyl groups excluding tert-OH is 7. The van der Waals surface area contributed by atoms with Crippen LogP contribution >= 0.6 is 0 Å². The Morgan fingerprint density at radius 2 is 1.18 bits per heavy atom. The van der Waals surface area contributed by atoms with Gasteiger partial charge < -0.3 is 81.0 Å². The van der Waals surface area contributed by atoms with Crippen molar-refractivity contribution in [1.29, 1.82) is 0 Å². The third-order valence-electron chi connectivity index (χ3n) is 6.90. The maximum Gasteiger partial charge on any atom is 0.217 e. The number of nitrogens with two attached hydrogens (primary N) is 2. The van der Waals surface area contributed by atoms with Crippen LogP contribution in [0, 0.1) is 0 Å². The van der Waals surface area contributed by atoms with E-state index in [2.05, 4.69) is 5.32 Å². The molecular formula is C21H39N3O14. The van der Waals surface area contributed by atoms with Gasteiger partial charge in [-0.05, 0) is 0 Å². The molecule has 3 aliphatic rings. The third-order valence-corrected chi connectivity index (χ3v) is 6.90. The molecule has 3 saturated heterocycles. The van der Waals surface area contributed by atoms with Crippen molar-refractivity contribution in [3.63, 3.8) is 0 Å². The number of aliphatic hydroxyl groups is 7. The van der Waals surface area contributed by atoms with Gasteiger partial charge in [0.25, 0.3) is 0 Å². The molecule has 3 rings (SSSR count). The molecule has 222 valence electrons. The number of rotatable bonds is 9. The monoisotopic (exact) mass is 557 g/mol. The second-order valence-electron chi connectivity index (χ2n) is 9.45. The number of ether oxygens (including phenoxy) is 6. The first-order chi connectivity index (χ1) is 18.0. The second-order valence-corrected chi connectivity index (χ2v) is 9.45. The van der Waals surface area contributed by atoms with Gasteiger partial charge in [-0.25, -0.2) is 0 Å². The van der Waals surface area contributed by atoms with Crippen LogP contribution in [0.25, 0.3) is 0 Å². The summed E-state index contributed by atoms with van der Waals surface area (Å²) < 4.78 is 33.2. The van der Waals surface area contributed by atoms with Crippen molar-refractivity contribution < 1.29 is 69.0 Å². The van der Waals surface area contributed by atoms with Crippen molar-refractivity contribution >= 4 is 5.91 Å². The van der Waals surface area contributed by atoms with E-state index in [4.69, 9.17) is 39.9 Å². The van der Waals surface area contributed by atoms with E-state index in [0.717, 1.165) is 6.92 Å². The van der Waals surface area contributed by atoms with Crippen LogP contribution in [-0.2, 0) is 33.2 Å². The molecule has 3 heterocycles. The molecule has 0 saturated carbocycles. The molecular weight excluding hydrogens is 518 g/mol. The Hall–Kier alpha value is -1.13. The quantitative estimate of drug-likeness (QED) is 0.126. The zero-order valence-electron chi connectivity index (χ0n) is 20.9. The molecule has 17 heteroatoms. The molecule has 3 aliphatic heterocycles. The number of carbonyl (C=O) groups is 1. The molecule has 15 atom stereocenters. The highest BCUT2D eigenvalue weighted by Crippen LogP contribution is 2.31. The molecule has 1 amide bonds. The summed E-state index contributed by atoms with van der Waals surface area (Å²) in [5.74, 6) is -0.576. The van der Waals surface area contributed by atoms with Crippen LogP contribution in [0.2, 0.25) is 0 Å². The Morgan fingerprint density at radius 1 is 0.763 bits per heavy atom. The van der Waals surface area contributed by atoms with Crippen LogP contribution < -0.4 is 16.8 Å². The smallest absolute Gasteiger partial charge is 0.217 e. The van der Waals surface area contributed by atoms with E-state index in [1.54, 1.807) is 0 Å². The fourth-order valence-electron chi connectivity index (χ4n) is 4.83. The highest BCUT2D eigenvalue weighted by Gasteiger charge is 2.53. The lowest BCUT2D eigenvalue weighted by molar-refractivity contribution is -0.349. The predicted molar refractivity (Wildman–Crippen MR) is 122 cm³/mol. The van der Waals surface area contributed by atoms with E-state index >= 15 is 0 Å². The first-order valence-corrected chi connectivity index (χ1v) is 12.1. The minimum atomic E-state index is -1.66. The van der Waals surface area contributed by atoms with Gasteiger partial charge in [0.15, 0.2) is 18.9 Å². The summed E-state index contributed by atoms with van der Waals surface area (Å²) in [5.41, 5.74) is 12.2. The SMILES string of the molecule is CO[C@@H]1C(CO)OC(O[C@@H]2C(CO)OC(O[C@@H]3C(CO)O[C@@H](O)C(NC(C)=O)C3O)[C@@H](N)[C@H]2O)C(N)C1O. The highest BCUT2D eigenvalue weighted by atomic mass is 16.7. The maximum absolute atomic E-state index is 11.5. The lowest BCUT2D eigenvalue weighted by atomic mass is 9.94. The largest absolute Gasteiger partial charge is 0.394 e. The van der Waals surface area contributed by atoms with Gasteiger partial charge in [-0.2, -0.15) is 0 Å². The Labute approximate surface area is 218 Å². The van der Waals surface area contributed by atoms with Crippen molar-refractivity contribution in [2.24, 2.45) is 11.5 Å². The van der Waals surface area contributed by atoms with Gasteiger partial charge >= 0.3 is 0 Å². The Morgan fingerprint density at radius 3 is 1.63 bits per heavy atom. The fourth-order valence-corrected chi connectivity index (χ4v) is 4.83. The minimum absolute atomic E-state index is 0.531. The summed E-state index contributed by atoms with van der Waals surface area (Å²) in [7, 11) is 1.31. The van der Waals surface area contributed by atoms with Crippen LogP contribution in [0.1, 0.15) is 6.92 Å². The van der Waals surface area contributed by atoms with Gasteiger partial charge in [-0.1, -0.05) is 0 Å². The normalized spacial score (nSPS) is 48.0. The summed E-state index contributed by atoms with van der Waals surface area (Å²) in [5, 5.41) is 73.9. The number of nitrogens with one attached hydrogen (secondary N) is 1. The Balaban J connectivity index is 1.74. The number of amides is 1. The van der Waals surface area contributed by atoms with Crippen LogP contribution in [0.5, 0.6) is 0 Å². The third kappa shape index (κ3) is 6.43. The van der Waals surface area contributed by atoms with Crippen molar-refractivity contribution in [2.75, 3.05) is 26.9 Å². The van der Waals surface area contributed by atoms with Gasteiger partial charge in [0.05, 0.1) is 31.9 Å². The predicted octanol–water partition coefficient (Wildman–Crippen LogP) is -6.84. The van der Waals surface area contributed by atoms with Gasteiger partial charge in [0.2, 0.25) is 5.91 Å². The maximum atomic E-state index is 11.5. The van der Waals surface area contributed by atoms with Crippen LogP contribution in [0.3, 0.4) is 0 Å². The second kappa shape index (κ2) is 13.5. The molecule has 0 radical (unpaired) electrons. The first kappa shape index (κ1) is 31.4. The number of hydrogen-bond donors (Lipinski definition) is 10. The van der Waals surface area contributed by atoms with E-state index < -0.39 is 118 Å². The van der Waals surface area contributed by atoms with E-state index in [9.17, 15) is 40.5 Å². The summed E-state index contributed by atoms with van der Waals surface area (Å²) in [6.07, 6.45) is -16.2. The molecule has 0 aromatic carbocycles. The molecule has 17 nitrogen and oxygen atoms in total. The topological polar surface area (TPSA) is 278 Å². The average Bonchev–Trinajstić information content (AvgIpc) is 2.89. The van der Waals surface area contributed by atoms with E-state index in [1.165, 1.54) is 7.11 Å². The summed E-state index contributed by atoms with van der Waals surface area (Å²) in [6, 6.07) is -3.84. The average molecular weight is 558 g/mol. The lowest BCUT2D eigenvalue weighted by Crippen LogP contribution is -2.69. The summed E-state index contributed by atoms with van der Waals surface area (Å²) >= 11 is 0. The van der Waals surface area contributed by atoms with Gasteiger partial charge in [-0.15, -0.1) is 0 Å². The number of methoxy groups -OCH3 is 1. The van der Waals surface area contributed by atoms with E-state index in [-0.39, 0.29) is 0 Å². The van der Waals surface area contributed by atoms with Crippen molar-refractivity contribution in [1.82, 2.24) is 5.32 Å². The molecule has 12 N–H and O–H groups in total. The minimum Gasteiger partial charge on any atom is -0.394 e. The number of hydrogen-bond acceptors (Lipinski definition) is 16. The number of carbonyl (C=O) groups excluding carboxylic acids is 1. The molecule has 0 bridgehead atoms. The van der Waals surface area contributed by atoms with E-state index in [0.29, 0.717) is 0 Å². The van der Waals surface area contributed by atoms with Crippen LogP contribution in [-0.4, -0.2) is 161 Å².